The van der Waals surface area contributed by atoms with Gasteiger partial charge in [-0.3, -0.25) is 0 Å². The summed E-state index contributed by atoms with van der Waals surface area (Å²) in [4.78, 5) is 11.3. The zero-order chi connectivity index (χ0) is 17.0. The van der Waals surface area contributed by atoms with Crippen LogP contribution in [0, 0.1) is 0 Å². The lowest BCUT2D eigenvalue weighted by atomic mass is 10.1. The van der Waals surface area contributed by atoms with Crippen LogP contribution >= 0.6 is 0 Å². The van der Waals surface area contributed by atoms with Gasteiger partial charge in [0.2, 0.25) is 0 Å². The van der Waals surface area contributed by atoms with Crippen molar-refractivity contribution in [2.75, 3.05) is 6.61 Å². The Morgan fingerprint density at radius 1 is 1.14 bits per heavy atom. The molecule has 0 unspecified atom stereocenters. The van der Waals surface area contributed by atoms with E-state index in [-0.39, 0.29) is 17.1 Å². The molecule has 0 aliphatic carbocycles. The molecule has 1 aromatic rings. The minimum Gasteiger partial charge on any atom is -0.487 e. The van der Waals surface area contributed by atoms with Crippen molar-refractivity contribution < 1.29 is 31.8 Å². The third-order valence-corrected chi connectivity index (χ3v) is 2.40. The van der Waals surface area contributed by atoms with Crippen molar-refractivity contribution in [2.45, 2.75) is 32.1 Å². The lowest BCUT2D eigenvalue weighted by Gasteiger charge is -2.20. The van der Waals surface area contributed by atoms with Crippen LogP contribution in [0.4, 0.5) is 17.6 Å². The number of alkyl halides is 4. The maximum atomic E-state index is 13.3. The number of esters is 1. The third-order valence-electron chi connectivity index (χ3n) is 2.40. The molecule has 22 heavy (non-hydrogen) atoms. The molecule has 0 saturated carbocycles. The van der Waals surface area contributed by atoms with E-state index in [1.807, 2.05) is 0 Å². The maximum Gasteiger partial charge on any atom is 0.338 e. The molecule has 0 amide bonds. The van der Waals surface area contributed by atoms with E-state index < -0.39 is 30.8 Å². The van der Waals surface area contributed by atoms with E-state index >= 15 is 0 Å². The second-order valence-corrected chi connectivity index (χ2v) is 5.03. The van der Waals surface area contributed by atoms with E-state index in [0.29, 0.717) is 6.92 Å². The summed E-state index contributed by atoms with van der Waals surface area (Å²) >= 11 is 0. The first kappa shape index (κ1) is 18.0. The van der Waals surface area contributed by atoms with Crippen molar-refractivity contribution in [3.05, 3.63) is 36.4 Å². The molecule has 1 rings (SSSR count). The Kier molecular flexibility index (Phi) is 5.57. The summed E-state index contributed by atoms with van der Waals surface area (Å²) in [6, 6.07) is 5.26. The lowest BCUT2D eigenvalue weighted by Crippen LogP contribution is -2.32. The predicted octanol–water partition coefficient (Wildman–Crippen LogP) is 4.23. The summed E-state index contributed by atoms with van der Waals surface area (Å²) in [5.41, 5.74) is 0.209. The van der Waals surface area contributed by atoms with Gasteiger partial charge in [-0.05, 0) is 38.1 Å². The van der Waals surface area contributed by atoms with Gasteiger partial charge in [0, 0.05) is 5.57 Å². The Bertz CT molecular complexity index is 533. The van der Waals surface area contributed by atoms with Gasteiger partial charge in [0.25, 0.3) is 11.8 Å². The van der Waals surface area contributed by atoms with Crippen molar-refractivity contribution in [3.63, 3.8) is 0 Å². The number of benzene rings is 1. The van der Waals surface area contributed by atoms with Gasteiger partial charge in [0.15, 0.2) is 6.61 Å². The summed E-state index contributed by atoms with van der Waals surface area (Å²) < 4.78 is 61.4. The molecule has 7 heteroatoms. The van der Waals surface area contributed by atoms with Crippen LogP contribution < -0.4 is 9.47 Å². The predicted molar refractivity (Wildman–Crippen MR) is 72.6 cm³/mol. The van der Waals surface area contributed by atoms with Crippen LogP contribution in [0.25, 0.3) is 0 Å². The summed E-state index contributed by atoms with van der Waals surface area (Å²) in [6.07, 6.45) is -1.59. The van der Waals surface area contributed by atoms with Gasteiger partial charge < -0.3 is 9.47 Å². The smallest absolute Gasteiger partial charge is 0.338 e. The Morgan fingerprint density at radius 3 is 2.09 bits per heavy atom. The molecule has 3 nitrogen and oxygen atoms in total. The number of carbonyl (C=O) groups is 1. The first-order valence-corrected chi connectivity index (χ1v) is 6.35. The zero-order valence-corrected chi connectivity index (χ0v) is 12.2. The van der Waals surface area contributed by atoms with Crippen LogP contribution in [0.15, 0.2) is 36.4 Å². The van der Waals surface area contributed by atoms with Crippen LogP contribution in [-0.2, 0) is 4.79 Å². The van der Waals surface area contributed by atoms with Crippen LogP contribution in [0.1, 0.15) is 20.3 Å². The third kappa shape index (κ3) is 6.60. The number of hydrogen-bond donors (Lipinski definition) is 0. The first-order chi connectivity index (χ1) is 9.98. The number of carbonyl (C=O) groups excluding carboxylic acids is 1. The molecule has 0 spiro atoms. The van der Waals surface area contributed by atoms with Crippen molar-refractivity contribution in [1.82, 2.24) is 0 Å². The highest BCUT2D eigenvalue weighted by atomic mass is 19.3. The Hall–Kier alpha value is -2.05. The van der Waals surface area contributed by atoms with Crippen LogP contribution in [0.2, 0.25) is 0 Å². The van der Waals surface area contributed by atoms with Crippen LogP contribution in [0.3, 0.4) is 0 Å². The van der Waals surface area contributed by atoms with Gasteiger partial charge in [-0.2, -0.15) is 0 Å². The SMILES string of the molecule is C=C(C)C(=O)Oc1ccc(OCC(F)(F)CC(C)(F)F)cc1. The Balaban J connectivity index is 2.58. The van der Waals surface area contributed by atoms with Crippen molar-refractivity contribution in [3.8, 4) is 11.5 Å². The molecule has 0 saturated heterocycles. The summed E-state index contributed by atoms with van der Waals surface area (Å²) in [5.74, 6) is -7.51. The fraction of sp³-hybridized carbons (Fsp3) is 0.400. The minimum absolute atomic E-state index is 0.0502. The lowest BCUT2D eigenvalue weighted by molar-refractivity contribution is -0.130. The zero-order valence-electron chi connectivity index (χ0n) is 12.2. The first-order valence-electron chi connectivity index (χ1n) is 6.35. The summed E-state index contributed by atoms with van der Waals surface area (Å²) in [7, 11) is 0. The van der Waals surface area contributed by atoms with Crippen molar-refractivity contribution >= 4 is 5.97 Å². The topological polar surface area (TPSA) is 35.5 Å². The van der Waals surface area contributed by atoms with E-state index in [1.165, 1.54) is 31.2 Å². The molecule has 0 aliphatic heterocycles. The van der Waals surface area contributed by atoms with Gasteiger partial charge in [-0.15, -0.1) is 0 Å². The van der Waals surface area contributed by atoms with Gasteiger partial charge in [0.05, 0.1) is 6.42 Å². The summed E-state index contributed by atoms with van der Waals surface area (Å²) in [5, 5.41) is 0. The average Bonchev–Trinajstić information content (AvgIpc) is 2.35. The fourth-order valence-electron chi connectivity index (χ4n) is 1.49. The number of halogens is 4. The molecule has 0 atom stereocenters. The van der Waals surface area contributed by atoms with Crippen molar-refractivity contribution in [2.24, 2.45) is 0 Å². The highest BCUT2D eigenvalue weighted by Crippen LogP contribution is 2.30. The number of rotatable bonds is 7. The molecular weight excluding hydrogens is 304 g/mol. The standard InChI is InChI=1S/C15H16F4O3/c1-10(2)13(20)22-12-6-4-11(5-7-12)21-9-15(18,19)8-14(3,16)17/h4-7H,1,8-9H2,2-3H3. The van der Waals surface area contributed by atoms with Crippen LogP contribution in [0.5, 0.6) is 11.5 Å². The average molecular weight is 320 g/mol. The molecular formula is C15H16F4O3. The molecule has 122 valence electrons. The van der Waals surface area contributed by atoms with Gasteiger partial charge in [-0.25, -0.2) is 22.4 Å². The molecule has 0 N–H and O–H groups in total. The highest BCUT2D eigenvalue weighted by molar-refractivity contribution is 5.88. The Labute approximate surface area is 125 Å². The fourth-order valence-corrected chi connectivity index (χ4v) is 1.49. The van der Waals surface area contributed by atoms with E-state index in [2.05, 4.69) is 6.58 Å². The quantitative estimate of drug-likeness (QED) is 0.326. The molecule has 1 aromatic carbocycles. The molecule has 0 aromatic heterocycles. The summed E-state index contributed by atoms with van der Waals surface area (Å²) in [6.45, 7) is 4.15. The Morgan fingerprint density at radius 2 is 1.64 bits per heavy atom. The largest absolute Gasteiger partial charge is 0.487 e. The van der Waals surface area contributed by atoms with Crippen LogP contribution in [-0.4, -0.2) is 24.4 Å². The van der Waals surface area contributed by atoms with Gasteiger partial charge in [0.1, 0.15) is 11.5 Å². The normalized spacial score (nSPS) is 11.9. The van der Waals surface area contributed by atoms with E-state index in [4.69, 9.17) is 9.47 Å². The molecule has 0 bridgehead atoms. The van der Waals surface area contributed by atoms with Crippen molar-refractivity contribution in [1.29, 1.82) is 0 Å². The van der Waals surface area contributed by atoms with E-state index in [9.17, 15) is 22.4 Å². The molecule has 0 radical (unpaired) electrons. The maximum absolute atomic E-state index is 13.3. The molecule has 0 heterocycles. The van der Waals surface area contributed by atoms with E-state index in [1.54, 1.807) is 0 Å². The number of ether oxygens (including phenoxy) is 2. The van der Waals surface area contributed by atoms with E-state index in [0.717, 1.165) is 0 Å². The second kappa shape index (κ2) is 6.81. The second-order valence-electron chi connectivity index (χ2n) is 5.03. The van der Waals surface area contributed by atoms with Gasteiger partial charge in [-0.1, -0.05) is 6.58 Å². The minimum atomic E-state index is -3.65. The molecule has 0 fully saturated rings. The highest BCUT2D eigenvalue weighted by Gasteiger charge is 2.40. The monoisotopic (exact) mass is 320 g/mol. The van der Waals surface area contributed by atoms with Gasteiger partial charge >= 0.3 is 5.97 Å². The number of hydrogen-bond acceptors (Lipinski definition) is 3. The molecule has 0 aliphatic rings.